The molecule has 7 heteroatoms. The zero-order valence-corrected chi connectivity index (χ0v) is 13.8. The van der Waals surface area contributed by atoms with Gasteiger partial charge in [0.2, 0.25) is 11.7 Å². The molecule has 1 atom stereocenters. The third kappa shape index (κ3) is 3.78. The van der Waals surface area contributed by atoms with Gasteiger partial charge in [0.05, 0.1) is 12.0 Å². The number of piperidine rings is 1. The van der Waals surface area contributed by atoms with E-state index in [2.05, 4.69) is 32.3 Å². The molecule has 0 saturated carbocycles. The molecule has 4 rings (SSSR count). The number of hydrogen-bond donors (Lipinski definition) is 1. The number of hydrogen-bond acceptors (Lipinski definition) is 7. The fourth-order valence-electron chi connectivity index (χ4n) is 3.37. The zero-order chi connectivity index (χ0) is 17.1. The van der Waals surface area contributed by atoms with Gasteiger partial charge in [0.25, 0.3) is 0 Å². The van der Waals surface area contributed by atoms with E-state index in [1.807, 2.05) is 18.2 Å². The Balaban J connectivity index is 1.42. The van der Waals surface area contributed by atoms with Crippen molar-refractivity contribution in [2.24, 2.45) is 0 Å². The molecule has 1 aliphatic heterocycles. The van der Waals surface area contributed by atoms with Crippen molar-refractivity contribution in [1.29, 1.82) is 0 Å². The van der Waals surface area contributed by atoms with E-state index >= 15 is 0 Å². The molecule has 1 unspecified atom stereocenters. The summed E-state index contributed by atoms with van der Waals surface area (Å²) in [5, 5.41) is 18.7. The molecule has 1 saturated heterocycles. The smallest absolute Gasteiger partial charge is 0.229 e. The van der Waals surface area contributed by atoms with E-state index in [9.17, 15) is 5.11 Å². The average molecular weight is 340 g/mol. The number of β-amino-alcohol motifs (C(OH)–C–C–N with tert-alkyl or cyclic N) is 1. The van der Waals surface area contributed by atoms with Crippen LogP contribution >= 0.6 is 0 Å². The monoisotopic (exact) mass is 340 g/mol. The average Bonchev–Trinajstić information content (AvgIpc) is 3.27. The topological polar surface area (TPSA) is 88.4 Å². The first-order valence-electron chi connectivity index (χ1n) is 8.42. The summed E-state index contributed by atoms with van der Waals surface area (Å²) in [6, 6.07) is 12.0. The minimum atomic E-state index is -0.860. The lowest BCUT2D eigenvalue weighted by Crippen LogP contribution is -2.49. The number of nitrogens with zero attached hydrogens (tertiary/aromatic N) is 4. The number of rotatable bonds is 5. The lowest BCUT2D eigenvalue weighted by Gasteiger charge is -2.38. The van der Waals surface area contributed by atoms with Crippen LogP contribution < -0.4 is 0 Å². The van der Waals surface area contributed by atoms with Crippen molar-refractivity contribution in [3.05, 3.63) is 54.1 Å². The van der Waals surface area contributed by atoms with Gasteiger partial charge in [-0.25, -0.2) is 0 Å². The highest BCUT2D eigenvalue weighted by molar-refractivity contribution is 5.45. The lowest BCUT2D eigenvalue weighted by molar-refractivity contribution is -0.0373. The largest absolute Gasteiger partial charge is 0.388 e. The van der Waals surface area contributed by atoms with E-state index in [1.54, 1.807) is 6.07 Å². The van der Waals surface area contributed by atoms with Crippen LogP contribution in [0.25, 0.3) is 11.5 Å². The zero-order valence-electron chi connectivity index (χ0n) is 13.8. The molecule has 1 N–H and O–H groups in total. The van der Waals surface area contributed by atoms with Crippen molar-refractivity contribution in [2.45, 2.75) is 31.4 Å². The van der Waals surface area contributed by atoms with E-state index in [4.69, 9.17) is 9.05 Å². The van der Waals surface area contributed by atoms with Crippen LogP contribution in [0.5, 0.6) is 0 Å². The number of benzene rings is 1. The maximum atomic E-state index is 11.0. The van der Waals surface area contributed by atoms with Gasteiger partial charge in [0.1, 0.15) is 6.26 Å². The van der Waals surface area contributed by atoms with Crippen molar-refractivity contribution in [2.75, 3.05) is 13.1 Å². The lowest BCUT2D eigenvalue weighted by atomic mass is 9.89. The van der Waals surface area contributed by atoms with Crippen molar-refractivity contribution >= 4 is 0 Å². The SMILES string of the molecule is OC1(Cc2nc(-c3ccon3)no2)CCCN(Cc2ccccc2)C1. The molecule has 1 fully saturated rings. The molecule has 25 heavy (non-hydrogen) atoms. The Hall–Kier alpha value is -2.51. The molecular formula is C18H20N4O3. The summed E-state index contributed by atoms with van der Waals surface area (Å²) in [4.78, 5) is 6.59. The molecule has 3 heterocycles. The molecule has 0 amide bonds. The van der Waals surface area contributed by atoms with Crippen molar-refractivity contribution in [3.8, 4) is 11.5 Å². The second-order valence-corrected chi connectivity index (χ2v) is 6.60. The van der Waals surface area contributed by atoms with Crippen LogP contribution in [0.4, 0.5) is 0 Å². The van der Waals surface area contributed by atoms with Crippen molar-refractivity contribution < 1.29 is 14.2 Å². The van der Waals surface area contributed by atoms with Gasteiger partial charge in [0, 0.05) is 19.2 Å². The van der Waals surface area contributed by atoms with Gasteiger partial charge in [-0.2, -0.15) is 4.98 Å². The molecule has 0 bridgehead atoms. The van der Waals surface area contributed by atoms with Gasteiger partial charge in [-0.1, -0.05) is 40.6 Å². The van der Waals surface area contributed by atoms with Crippen LogP contribution in [0.1, 0.15) is 24.3 Å². The maximum absolute atomic E-state index is 11.0. The fourth-order valence-corrected chi connectivity index (χ4v) is 3.37. The Morgan fingerprint density at radius 2 is 2.04 bits per heavy atom. The van der Waals surface area contributed by atoms with E-state index < -0.39 is 5.60 Å². The van der Waals surface area contributed by atoms with Crippen LogP contribution in [0.15, 0.2) is 51.7 Å². The second-order valence-electron chi connectivity index (χ2n) is 6.60. The summed E-state index contributed by atoms with van der Waals surface area (Å²) in [7, 11) is 0. The predicted octanol–water partition coefficient (Wildman–Crippen LogP) is 2.29. The predicted molar refractivity (Wildman–Crippen MR) is 89.4 cm³/mol. The normalized spacial score (nSPS) is 21.5. The molecule has 130 valence electrons. The van der Waals surface area contributed by atoms with E-state index in [1.165, 1.54) is 11.8 Å². The van der Waals surface area contributed by atoms with Gasteiger partial charge in [-0.3, -0.25) is 4.90 Å². The first kappa shape index (κ1) is 16.0. The van der Waals surface area contributed by atoms with E-state index in [0.717, 1.165) is 25.9 Å². The highest BCUT2D eigenvalue weighted by Gasteiger charge is 2.35. The van der Waals surface area contributed by atoms with Gasteiger partial charge in [-0.15, -0.1) is 0 Å². The first-order chi connectivity index (χ1) is 12.2. The summed E-state index contributed by atoms with van der Waals surface area (Å²) in [6.07, 6.45) is 3.46. The summed E-state index contributed by atoms with van der Waals surface area (Å²) in [5.41, 5.74) is 0.912. The Morgan fingerprint density at radius 3 is 2.84 bits per heavy atom. The summed E-state index contributed by atoms with van der Waals surface area (Å²) >= 11 is 0. The van der Waals surface area contributed by atoms with Crippen LogP contribution in [-0.4, -0.2) is 44.0 Å². The van der Waals surface area contributed by atoms with Crippen LogP contribution in [0, 0.1) is 0 Å². The number of aliphatic hydroxyl groups is 1. The summed E-state index contributed by atoms with van der Waals surface area (Å²) in [6.45, 7) is 2.39. The minimum Gasteiger partial charge on any atom is -0.388 e. The third-order valence-corrected chi connectivity index (χ3v) is 4.50. The van der Waals surface area contributed by atoms with Crippen LogP contribution in [-0.2, 0) is 13.0 Å². The quantitative estimate of drug-likeness (QED) is 0.762. The summed E-state index contributed by atoms with van der Waals surface area (Å²) in [5.74, 6) is 0.798. The van der Waals surface area contributed by atoms with Crippen LogP contribution in [0.2, 0.25) is 0 Å². The molecule has 0 aliphatic carbocycles. The molecule has 2 aromatic heterocycles. The van der Waals surface area contributed by atoms with E-state index in [-0.39, 0.29) is 0 Å². The maximum Gasteiger partial charge on any atom is 0.229 e. The minimum absolute atomic E-state index is 0.336. The third-order valence-electron chi connectivity index (χ3n) is 4.50. The van der Waals surface area contributed by atoms with Crippen LogP contribution in [0.3, 0.4) is 0 Å². The Morgan fingerprint density at radius 1 is 1.16 bits per heavy atom. The van der Waals surface area contributed by atoms with Crippen molar-refractivity contribution in [3.63, 3.8) is 0 Å². The number of aromatic nitrogens is 3. The van der Waals surface area contributed by atoms with Gasteiger partial charge in [0.15, 0.2) is 5.69 Å². The molecule has 0 radical (unpaired) electrons. The standard InChI is InChI=1S/C18H20N4O3/c23-18(11-16-19-17(21-25-16)15-7-10-24-20-15)8-4-9-22(13-18)12-14-5-2-1-3-6-14/h1-3,5-7,10,23H,4,8-9,11-13H2. The Bertz CT molecular complexity index is 803. The second kappa shape index (κ2) is 6.78. The highest BCUT2D eigenvalue weighted by Crippen LogP contribution is 2.26. The van der Waals surface area contributed by atoms with Crippen molar-refractivity contribution in [1.82, 2.24) is 20.2 Å². The van der Waals surface area contributed by atoms with Gasteiger partial charge < -0.3 is 14.2 Å². The molecule has 7 nitrogen and oxygen atoms in total. The Kier molecular flexibility index (Phi) is 4.33. The number of likely N-dealkylation sites (tertiary alicyclic amines) is 1. The molecule has 0 spiro atoms. The Labute approximate surface area is 145 Å². The fraction of sp³-hybridized carbons (Fsp3) is 0.389. The van der Waals surface area contributed by atoms with Gasteiger partial charge >= 0.3 is 0 Å². The van der Waals surface area contributed by atoms with Gasteiger partial charge in [-0.05, 0) is 24.9 Å². The van der Waals surface area contributed by atoms with E-state index in [0.29, 0.717) is 30.4 Å². The molecule has 1 aromatic carbocycles. The molecular weight excluding hydrogens is 320 g/mol. The summed E-state index contributed by atoms with van der Waals surface area (Å²) < 4.78 is 10.1. The highest BCUT2D eigenvalue weighted by atomic mass is 16.5. The first-order valence-corrected chi connectivity index (χ1v) is 8.42. The molecule has 1 aliphatic rings. The molecule has 3 aromatic rings.